The Labute approximate surface area is 88.2 Å². The summed E-state index contributed by atoms with van der Waals surface area (Å²) in [4.78, 5) is 13.4. The van der Waals surface area contributed by atoms with Crippen LogP contribution in [0.2, 0.25) is 0 Å². The minimum absolute atomic E-state index is 0.266. The van der Waals surface area contributed by atoms with E-state index in [4.69, 9.17) is 4.74 Å². The third-order valence-corrected chi connectivity index (χ3v) is 2.56. The van der Waals surface area contributed by atoms with Crippen molar-refractivity contribution in [1.82, 2.24) is 0 Å². The Balaban J connectivity index is 2.43. The van der Waals surface area contributed by atoms with Gasteiger partial charge in [-0.15, -0.1) is 11.3 Å². The Morgan fingerprint density at radius 2 is 2.36 bits per heavy atom. The van der Waals surface area contributed by atoms with E-state index in [0.717, 1.165) is 11.3 Å². The van der Waals surface area contributed by atoms with Gasteiger partial charge in [0.15, 0.2) is 0 Å². The molecule has 0 N–H and O–H groups in total. The lowest BCUT2D eigenvalue weighted by molar-refractivity contribution is -0.137. The van der Waals surface area contributed by atoms with Crippen molar-refractivity contribution in [3.8, 4) is 0 Å². The Morgan fingerprint density at radius 3 is 2.93 bits per heavy atom. The molecule has 2 nitrogen and oxygen atoms in total. The van der Waals surface area contributed by atoms with Crippen LogP contribution in [-0.4, -0.2) is 12.6 Å². The molecule has 0 aliphatic rings. The molecular weight excluding hydrogens is 196 g/mol. The number of rotatable bonds is 4. The van der Waals surface area contributed by atoms with E-state index in [1.807, 2.05) is 26.0 Å². The van der Waals surface area contributed by atoms with E-state index in [-0.39, 0.29) is 5.97 Å². The van der Waals surface area contributed by atoms with Gasteiger partial charge in [-0.1, -0.05) is 6.92 Å². The molecule has 0 spiro atoms. The number of thiophene rings is 1. The van der Waals surface area contributed by atoms with Crippen molar-refractivity contribution in [3.63, 3.8) is 0 Å². The molecule has 0 aliphatic carbocycles. The maximum atomic E-state index is 11.1. The zero-order valence-corrected chi connectivity index (χ0v) is 9.26. The average molecular weight is 210 g/mol. The molecule has 0 aromatic carbocycles. The fourth-order valence-corrected chi connectivity index (χ4v) is 1.72. The summed E-state index contributed by atoms with van der Waals surface area (Å²) < 4.78 is 4.90. The minimum Gasteiger partial charge on any atom is -0.463 e. The molecule has 0 saturated carbocycles. The molecule has 0 bridgehead atoms. The molecule has 3 heteroatoms. The molecular formula is C11H14O2S. The molecule has 0 atom stereocenters. The van der Waals surface area contributed by atoms with Crippen LogP contribution in [0.15, 0.2) is 18.2 Å². The third kappa shape index (κ3) is 3.75. The second-order valence-electron chi connectivity index (χ2n) is 2.95. The van der Waals surface area contributed by atoms with Crippen LogP contribution in [-0.2, 0) is 9.53 Å². The first-order valence-corrected chi connectivity index (χ1v) is 5.45. The zero-order valence-electron chi connectivity index (χ0n) is 8.45. The largest absolute Gasteiger partial charge is 0.463 e. The maximum Gasteiger partial charge on any atom is 0.330 e. The van der Waals surface area contributed by atoms with E-state index >= 15 is 0 Å². The lowest BCUT2D eigenvalue weighted by atomic mass is 10.4. The van der Waals surface area contributed by atoms with Crippen LogP contribution in [0.5, 0.6) is 0 Å². The first kappa shape index (κ1) is 11.0. The van der Waals surface area contributed by atoms with Crippen LogP contribution >= 0.6 is 11.3 Å². The molecule has 0 fully saturated rings. The van der Waals surface area contributed by atoms with E-state index < -0.39 is 0 Å². The Morgan fingerprint density at radius 1 is 1.57 bits per heavy atom. The van der Waals surface area contributed by atoms with Crippen LogP contribution in [0.3, 0.4) is 0 Å². The molecule has 1 rings (SSSR count). The van der Waals surface area contributed by atoms with Crippen molar-refractivity contribution >= 4 is 23.4 Å². The van der Waals surface area contributed by atoms with Crippen LogP contribution in [0.1, 0.15) is 23.1 Å². The highest BCUT2D eigenvalue weighted by Crippen LogP contribution is 2.16. The fourth-order valence-electron chi connectivity index (χ4n) is 0.944. The predicted octanol–water partition coefficient (Wildman–Crippen LogP) is 3.02. The summed E-state index contributed by atoms with van der Waals surface area (Å²) in [5, 5.41) is 0. The van der Waals surface area contributed by atoms with Gasteiger partial charge in [-0.25, -0.2) is 4.79 Å². The lowest BCUT2D eigenvalue weighted by Gasteiger charge is -1.96. The van der Waals surface area contributed by atoms with E-state index in [9.17, 15) is 4.79 Å². The van der Waals surface area contributed by atoms with Crippen molar-refractivity contribution < 1.29 is 9.53 Å². The topological polar surface area (TPSA) is 26.3 Å². The Bertz CT molecular complexity index is 326. The zero-order chi connectivity index (χ0) is 10.4. The molecule has 1 heterocycles. The summed E-state index contributed by atoms with van der Waals surface area (Å²) in [5.74, 6) is -0.266. The molecule has 0 saturated heterocycles. The summed E-state index contributed by atoms with van der Waals surface area (Å²) in [5.41, 5.74) is 0. The standard InChI is InChI=1S/C11H14O2S/c1-3-8-13-11(12)7-6-10-5-4-9(2)14-10/h4-7H,3,8H2,1-2H3. The molecule has 0 amide bonds. The number of ether oxygens (including phenoxy) is 1. The molecule has 1 aromatic rings. The highest BCUT2D eigenvalue weighted by molar-refractivity contribution is 7.12. The fraction of sp³-hybridized carbons (Fsp3) is 0.364. The number of carbonyl (C=O) groups is 1. The molecule has 14 heavy (non-hydrogen) atoms. The van der Waals surface area contributed by atoms with Gasteiger partial charge in [-0.2, -0.15) is 0 Å². The van der Waals surface area contributed by atoms with Crippen molar-refractivity contribution in [2.24, 2.45) is 0 Å². The summed E-state index contributed by atoms with van der Waals surface area (Å²) in [7, 11) is 0. The lowest BCUT2D eigenvalue weighted by Crippen LogP contribution is -2.00. The van der Waals surface area contributed by atoms with Crippen molar-refractivity contribution in [2.45, 2.75) is 20.3 Å². The Hall–Kier alpha value is -1.09. The summed E-state index contributed by atoms with van der Waals surface area (Å²) in [6.45, 7) is 4.50. The number of esters is 1. The SMILES string of the molecule is CCCOC(=O)C=Cc1ccc(C)s1. The smallest absolute Gasteiger partial charge is 0.330 e. The minimum atomic E-state index is -0.266. The monoisotopic (exact) mass is 210 g/mol. The third-order valence-electron chi connectivity index (χ3n) is 1.59. The van der Waals surface area contributed by atoms with Gasteiger partial charge in [0.25, 0.3) is 0 Å². The summed E-state index contributed by atoms with van der Waals surface area (Å²) >= 11 is 1.66. The van der Waals surface area contributed by atoms with Crippen LogP contribution in [0, 0.1) is 6.92 Å². The first-order valence-electron chi connectivity index (χ1n) is 4.63. The predicted molar refractivity (Wildman–Crippen MR) is 59.3 cm³/mol. The van der Waals surface area contributed by atoms with Gasteiger partial charge in [-0.05, 0) is 31.6 Å². The number of hydrogen-bond donors (Lipinski definition) is 0. The second-order valence-corrected chi connectivity index (χ2v) is 4.27. The Kier molecular flexibility index (Phi) is 4.40. The molecule has 76 valence electrons. The van der Waals surface area contributed by atoms with Gasteiger partial charge in [0.05, 0.1) is 6.61 Å². The number of aryl methyl sites for hydroxylation is 1. The average Bonchev–Trinajstić information content (AvgIpc) is 2.58. The van der Waals surface area contributed by atoms with E-state index in [0.29, 0.717) is 6.61 Å². The molecule has 0 unspecified atom stereocenters. The van der Waals surface area contributed by atoms with Crippen molar-refractivity contribution in [1.29, 1.82) is 0 Å². The second kappa shape index (κ2) is 5.60. The van der Waals surface area contributed by atoms with Gasteiger partial charge in [0.2, 0.25) is 0 Å². The van der Waals surface area contributed by atoms with E-state index in [1.54, 1.807) is 17.4 Å². The summed E-state index contributed by atoms with van der Waals surface area (Å²) in [6.07, 6.45) is 4.12. The van der Waals surface area contributed by atoms with Crippen molar-refractivity contribution in [3.05, 3.63) is 28.0 Å². The van der Waals surface area contributed by atoms with Gasteiger partial charge in [0, 0.05) is 15.8 Å². The van der Waals surface area contributed by atoms with Crippen LogP contribution in [0.25, 0.3) is 6.08 Å². The van der Waals surface area contributed by atoms with Gasteiger partial charge < -0.3 is 4.74 Å². The number of hydrogen-bond acceptors (Lipinski definition) is 3. The summed E-state index contributed by atoms with van der Waals surface area (Å²) in [6, 6.07) is 4.02. The van der Waals surface area contributed by atoms with Crippen LogP contribution in [0.4, 0.5) is 0 Å². The molecule has 1 aromatic heterocycles. The number of carbonyl (C=O) groups excluding carboxylic acids is 1. The van der Waals surface area contributed by atoms with Crippen molar-refractivity contribution in [2.75, 3.05) is 6.61 Å². The van der Waals surface area contributed by atoms with Gasteiger partial charge in [-0.3, -0.25) is 0 Å². The van der Waals surface area contributed by atoms with Gasteiger partial charge in [0.1, 0.15) is 0 Å². The first-order chi connectivity index (χ1) is 6.72. The quantitative estimate of drug-likeness (QED) is 0.564. The highest BCUT2D eigenvalue weighted by Gasteiger charge is 1.96. The van der Waals surface area contributed by atoms with E-state index in [1.165, 1.54) is 11.0 Å². The normalized spacial score (nSPS) is 10.7. The highest BCUT2D eigenvalue weighted by atomic mass is 32.1. The maximum absolute atomic E-state index is 11.1. The molecule has 0 aliphatic heterocycles. The van der Waals surface area contributed by atoms with Gasteiger partial charge >= 0.3 is 5.97 Å². The molecule has 0 radical (unpaired) electrons. The van der Waals surface area contributed by atoms with Crippen LogP contribution < -0.4 is 0 Å². The van der Waals surface area contributed by atoms with E-state index in [2.05, 4.69) is 0 Å².